The van der Waals surface area contributed by atoms with Gasteiger partial charge in [-0.1, -0.05) is 30.3 Å². The summed E-state index contributed by atoms with van der Waals surface area (Å²) >= 11 is 0. The lowest BCUT2D eigenvalue weighted by Gasteiger charge is -2.19. The topological polar surface area (TPSA) is 38.1 Å². The number of oxazole rings is 1. The third-order valence-corrected chi connectivity index (χ3v) is 3.23. The molecular weight excluding hydrogens is 212 g/mol. The van der Waals surface area contributed by atoms with Crippen LogP contribution >= 0.6 is 0 Å². The summed E-state index contributed by atoms with van der Waals surface area (Å²) in [5, 5.41) is 3.38. The van der Waals surface area contributed by atoms with Crippen molar-refractivity contribution in [3.05, 3.63) is 42.4 Å². The summed E-state index contributed by atoms with van der Waals surface area (Å²) in [5.41, 5.74) is 1.09. The number of benzene rings is 1. The van der Waals surface area contributed by atoms with Crippen LogP contribution < -0.4 is 5.32 Å². The summed E-state index contributed by atoms with van der Waals surface area (Å²) in [6.45, 7) is 2.09. The maximum absolute atomic E-state index is 5.86. The number of rotatable bonds is 2. The van der Waals surface area contributed by atoms with E-state index >= 15 is 0 Å². The van der Waals surface area contributed by atoms with E-state index in [9.17, 15) is 0 Å². The second kappa shape index (κ2) is 4.72. The third kappa shape index (κ3) is 2.24. The summed E-state index contributed by atoms with van der Waals surface area (Å²) in [7, 11) is 0. The van der Waals surface area contributed by atoms with Crippen molar-refractivity contribution in [1.82, 2.24) is 10.3 Å². The van der Waals surface area contributed by atoms with Gasteiger partial charge in [0.25, 0.3) is 0 Å². The van der Waals surface area contributed by atoms with Gasteiger partial charge in [0.05, 0.1) is 6.20 Å². The van der Waals surface area contributed by atoms with Crippen LogP contribution in [0.25, 0.3) is 11.3 Å². The average Bonchev–Trinajstić information content (AvgIpc) is 2.90. The van der Waals surface area contributed by atoms with Crippen LogP contribution in [0.15, 0.2) is 40.9 Å². The van der Waals surface area contributed by atoms with E-state index in [-0.39, 0.29) is 0 Å². The number of hydrogen-bond acceptors (Lipinski definition) is 3. The fourth-order valence-corrected chi connectivity index (χ4v) is 2.27. The van der Waals surface area contributed by atoms with Crippen molar-refractivity contribution in [2.24, 2.45) is 0 Å². The number of piperidine rings is 1. The van der Waals surface area contributed by atoms with E-state index < -0.39 is 0 Å². The zero-order chi connectivity index (χ0) is 11.5. The van der Waals surface area contributed by atoms with E-state index in [1.807, 2.05) is 36.5 Å². The summed E-state index contributed by atoms with van der Waals surface area (Å²) in [6, 6.07) is 10.1. The Morgan fingerprint density at radius 3 is 2.88 bits per heavy atom. The first kappa shape index (κ1) is 10.5. The van der Waals surface area contributed by atoms with Crippen LogP contribution in [0.3, 0.4) is 0 Å². The smallest absolute Gasteiger partial charge is 0.199 e. The van der Waals surface area contributed by atoms with Gasteiger partial charge in [-0.3, -0.25) is 0 Å². The minimum Gasteiger partial charge on any atom is -0.440 e. The molecule has 1 aromatic carbocycles. The molecule has 3 nitrogen and oxygen atoms in total. The molecule has 88 valence electrons. The monoisotopic (exact) mass is 228 g/mol. The minimum atomic E-state index is 0.432. The first-order valence-electron chi connectivity index (χ1n) is 6.15. The molecule has 3 rings (SSSR count). The highest BCUT2D eigenvalue weighted by atomic mass is 16.4. The highest BCUT2D eigenvalue weighted by Gasteiger charge is 2.20. The van der Waals surface area contributed by atoms with Crippen LogP contribution in [0.4, 0.5) is 0 Å². The maximum Gasteiger partial charge on any atom is 0.199 e. The fourth-order valence-electron chi connectivity index (χ4n) is 2.27. The van der Waals surface area contributed by atoms with Crippen LogP contribution in [-0.2, 0) is 0 Å². The molecule has 2 heterocycles. The molecule has 3 heteroatoms. The van der Waals surface area contributed by atoms with Crippen LogP contribution in [0, 0.1) is 0 Å². The lowest BCUT2D eigenvalue weighted by atomic mass is 10.00. The molecule has 1 aromatic heterocycles. The third-order valence-electron chi connectivity index (χ3n) is 3.23. The van der Waals surface area contributed by atoms with Gasteiger partial charge >= 0.3 is 0 Å². The number of hydrogen-bond donors (Lipinski definition) is 1. The molecule has 0 bridgehead atoms. The normalized spacial score (nSPS) is 20.4. The molecule has 1 fully saturated rings. The predicted molar refractivity (Wildman–Crippen MR) is 66.8 cm³/mol. The molecule has 1 aliphatic rings. The zero-order valence-corrected chi connectivity index (χ0v) is 9.73. The van der Waals surface area contributed by atoms with Crippen molar-refractivity contribution in [1.29, 1.82) is 0 Å². The number of nitrogens with one attached hydrogen (secondary N) is 1. The molecular formula is C14H16N2O. The molecule has 1 atom stereocenters. The maximum atomic E-state index is 5.86. The van der Waals surface area contributed by atoms with Crippen LogP contribution in [0.5, 0.6) is 0 Å². The molecule has 1 aliphatic heterocycles. The summed E-state index contributed by atoms with van der Waals surface area (Å²) in [6.07, 6.45) is 4.20. The Labute approximate surface area is 101 Å². The van der Waals surface area contributed by atoms with E-state index in [1.54, 1.807) is 0 Å². The van der Waals surface area contributed by atoms with Crippen molar-refractivity contribution in [2.75, 3.05) is 13.1 Å². The van der Waals surface area contributed by atoms with Gasteiger partial charge in [0.15, 0.2) is 11.7 Å². The zero-order valence-electron chi connectivity index (χ0n) is 9.73. The van der Waals surface area contributed by atoms with Crippen molar-refractivity contribution >= 4 is 0 Å². The molecule has 0 spiro atoms. The Kier molecular flexibility index (Phi) is 2.92. The first-order chi connectivity index (χ1) is 8.43. The van der Waals surface area contributed by atoms with Crippen molar-refractivity contribution in [2.45, 2.75) is 18.8 Å². The Hall–Kier alpha value is -1.61. The Bertz CT molecular complexity index is 472. The largest absolute Gasteiger partial charge is 0.440 e. The second-order valence-corrected chi connectivity index (χ2v) is 4.47. The highest BCUT2D eigenvalue weighted by Crippen LogP contribution is 2.27. The summed E-state index contributed by atoms with van der Waals surface area (Å²) in [4.78, 5) is 4.41. The van der Waals surface area contributed by atoms with Crippen molar-refractivity contribution in [3.63, 3.8) is 0 Å². The molecule has 0 radical (unpaired) electrons. The highest BCUT2D eigenvalue weighted by molar-refractivity contribution is 5.55. The van der Waals surface area contributed by atoms with Gasteiger partial charge in [0.2, 0.25) is 0 Å². The average molecular weight is 228 g/mol. The molecule has 1 N–H and O–H groups in total. The van der Waals surface area contributed by atoms with Gasteiger partial charge in [-0.25, -0.2) is 4.98 Å². The Morgan fingerprint density at radius 1 is 1.24 bits per heavy atom. The van der Waals surface area contributed by atoms with E-state index in [0.29, 0.717) is 5.92 Å². The van der Waals surface area contributed by atoms with E-state index in [1.165, 1.54) is 12.8 Å². The minimum absolute atomic E-state index is 0.432. The van der Waals surface area contributed by atoms with Gasteiger partial charge in [-0.05, 0) is 19.4 Å². The van der Waals surface area contributed by atoms with Crippen LogP contribution in [-0.4, -0.2) is 18.1 Å². The Balaban J connectivity index is 1.83. The van der Waals surface area contributed by atoms with E-state index in [4.69, 9.17) is 4.42 Å². The van der Waals surface area contributed by atoms with Crippen LogP contribution in [0.1, 0.15) is 24.7 Å². The van der Waals surface area contributed by atoms with Gasteiger partial charge in [-0.2, -0.15) is 0 Å². The van der Waals surface area contributed by atoms with Gasteiger partial charge in [-0.15, -0.1) is 0 Å². The number of aromatic nitrogens is 1. The van der Waals surface area contributed by atoms with E-state index in [0.717, 1.165) is 30.3 Å². The van der Waals surface area contributed by atoms with Gasteiger partial charge < -0.3 is 9.73 Å². The molecule has 1 unspecified atom stereocenters. The van der Waals surface area contributed by atoms with Gasteiger partial charge in [0, 0.05) is 18.0 Å². The molecule has 0 saturated carbocycles. The summed E-state index contributed by atoms with van der Waals surface area (Å²) < 4.78 is 5.86. The Morgan fingerprint density at radius 2 is 2.12 bits per heavy atom. The lowest BCUT2D eigenvalue weighted by Crippen LogP contribution is -2.28. The van der Waals surface area contributed by atoms with Crippen molar-refractivity contribution in [3.8, 4) is 11.3 Å². The summed E-state index contributed by atoms with van der Waals surface area (Å²) in [5.74, 6) is 2.17. The van der Waals surface area contributed by atoms with E-state index in [2.05, 4.69) is 10.3 Å². The first-order valence-corrected chi connectivity index (χ1v) is 6.15. The predicted octanol–water partition coefficient (Wildman–Crippen LogP) is 2.81. The van der Waals surface area contributed by atoms with Crippen LogP contribution in [0.2, 0.25) is 0 Å². The fraction of sp³-hybridized carbons (Fsp3) is 0.357. The van der Waals surface area contributed by atoms with Gasteiger partial charge in [0.1, 0.15) is 0 Å². The molecule has 0 amide bonds. The number of nitrogens with zero attached hydrogens (tertiary/aromatic N) is 1. The SMILES string of the molecule is c1ccc(-c2cnc(C3CCCNC3)o2)cc1. The second-order valence-electron chi connectivity index (χ2n) is 4.47. The standard InChI is InChI=1S/C14H16N2O/c1-2-5-11(6-3-1)13-10-16-14(17-13)12-7-4-8-15-9-12/h1-3,5-6,10,12,15H,4,7-9H2. The quantitative estimate of drug-likeness (QED) is 0.859. The molecule has 17 heavy (non-hydrogen) atoms. The molecule has 1 saturated heterocycles. The van der Waals surface area contributed by atoms with Crippen molar-refractivity contribution < 1.29 is 4.42 Å². The lowest BCUT2D eigenvalue weighted by molar-refractivity contribution is 0.381. The molecule has 2 aromatic rings. The molecule has 0 aliphatic carbocycles.